The number of aromatic nitrogens is 4. The molecule has 0 radical (unpaired) electrons. The van der Waals surface area contributed by atoms with Crippen molar-refractivity contribution in [2.75, 3.05) is 5.32 Å². The molecule has 170 valence electrons. The van der Waals surface area contributed by atoms with Crippen LogP contribution in [0.5, 0.6) is 0 Å². The largest absolute Gasteiger partial charge is 0.416 e. The highest BCUT2D eigenvalue weighted by Gasteiger charge is 2.30. The Morgan fingerprint density at radius 2 is 1.56 bits per heavy atom. The van der Waals surface area contributed by atoms with Crippen LogP contribution in [0.4, 0.5) is 19.0 Å². The van der Waals surface area contributed by atoms with E-state index in [1.807, 2.05) is 67.6 Å². The smallest absolute Gasteiger partial charge is 0.363 e. The van der Waals surface area contributed by atoms with Crippen molar-refractivity contribution in [1.82, 2.24) is 19.7 Å². The van der Waals surface area contributed by atoms with Crippen LogP contribution in [-0.2, 0) is 6.18 Å². The van der Waals surface area contributed by atoms with Crippen molar-refractivity contribution in [3.63, 3.8) is 0 Å². The molecule has 0 bridgehead atoms. The topological polar surface area (TPSA) is 55.6 Å². The van der Waals surface area contributed by atoms with Crippen LogP contribution in [0.3, 0.4) is 0 Å². The van der Waals surface area contributed by atoms with Gasteiger partial charge in [-0.15, -0.1) is 0 Å². The third-order valence-electron chi connectivity index (χ3n) is 5.53. The van der Waals surface area contributed by atoms with Crippen molar-refractivity contribution in [3.05, 3.63) is 102 Å². The highest BCUT2D eigenvalue weighted by atomic mass is 19.4. The third-order valence-corrected chi connectivity index (χ3v) is 5.53. The molecule has 0 fully saturated rings. The second-order valence-electron chi connectivity index (χ2n) is 7.88. The molecule has 2 aromatic heterocycles. The van der Waals surface area contributed by atoms with Gasteiger partial charge < -0.3 is 5.32 Å². The van der Waals surface area contributed by atoms with E-state index < -0.39 is 11.7 Å². The van der Waals surface area contributed by atoms with Gasteiger partial charge in [0, 0.05) is 11.6 Å². The Morgan fingerprint density at radius 3 is 2.26 bits per heavy atom. The molecule has 0 aliphatic carbocycles. The lowest BCUT2D eigenvalue weighted by atomic mass is 10.1. The maximum Gasteiger partial charge on any atom is 0.416 e. The first kappa shape index (κ1) is 21.6. The fourth-order valence-electron chi connectivity index (χ4n) is 3.77. The van der Waals surface area contributed by atoms with Gasteiger partial charge in [0.1, 0.15) is 5.82 Å². The molecule has 8 heteroatoms. The summed E-state index contributed by atoms with van der Waals surface area (Å²) in [5.74, 6) is 0.676. The summed E-state index contributed by atoms with van der Waals surface area (Å²) in [7, 11) is 0. The molecule has 0 amide bonds. The average molecular weight is 459 g/mol. The lowest BCUT2D eigenvalue weighted by molar-refractivity contribution is -0.137. The highest BCUT2D eigenvalue weighted by molar-refractivity contribution is 5.89. The fourth-order valence-corrected chi connectivity index (χ4v) is 3.77. The predicted octanol–water partition coefficient (Wildman–Crippen LogP) is 6.67. The van der Waals surface area contributed by atoms with Crippen LogP contribution in [0.1, 0.15) is 24.1 Å². The number of benzene rings is 3. The second kappa shape index (κ2) is 8.62. The quantitative estimate of drug-likeness (QED) is 0.319. The van der Waals surface area contributed by atoms with Crippen LogP contribution in [0, 0.1) is 0 Å². The number of fused-ring (bicyclic) bond motifs is 1. The molecular weight excluding hydrogens is 439 g/mol. The molecule has 5 nitrogen and oxygen atoms in total. The highest BCUT2D eigenvalue weighted by Crippen LogP contribution is 2.33. The summed E-state index contributed by atoms with van der Waals surface area (Å²) in [6.07, 6.45) is -2.80. The summed E-state index contributed by atoms with van der Waals surface area (Å²) in [4.78, 5) is 9.25. The second-order valence-corrected chi connectivity index (χ2v) is 7.88. The molecule has 0 saturated heterocycles. The normalized spacial score (nSPS) is 12.6. The molecule has 0 aliphatic heterocycles. The first-order valence-corrected chi connectivity index (χ1v) is 10.7. The van der Waals surface area contributed by atoms with Gasteiger partial charge in [0.15, 0.2) is 11.5 Å². The zero-order chi connectivity index (χ0) is 23.7. The Hall–Kier alpha value is -4.20. The Balaban J connectivity index is 1.67. The van der Waals surface area contributed by atoms with Gasteiger partial charge in [-0.1, -0.05) is 60.7 Å². The molecular formula is C26H20F3N5. The van der Waals surface area contributed by atoms with Gasteiger partial charge in [0.25, 0.3) is 0 Å². The Bertz CT molecular complexity index is 1430. The number of rotatable bonds is 5. The van der Waals surface area contributed by atoms with E-state index in [9.17, 15) is 13.2 Å². The number of nitrogens with zero attached hydrogens (tertiary/aromatic N) is 4. The number of halogens is 3. The maximum atomic E-state index is 13.3. The third kappa shape index (κ3) is 4.22. The molecule has 0 saturated carbocycles. The van der Waals surface area contributed by atoms with Crippen LogP contribution < -0.4 is 5.32 Å². The van der Waals surface area contributed by atoms with Gasteiger partial charge in [-0.25, -0.2) is 14.6 Å². The molecule has 34 heavy (non-hydrogen) atoms. The summed E-state index contributed by atoms with van der Waals surface area (Å²) in [6.45, 7) is 1.99. The lowest BCUT2D eigenvalue weighted by Gasteiger charge is -2.16. The number of anilines is 1. The van der Waals surface area contributed by atoms with Gasteiger partial charge in [-0.05, 0) is 36.8 Å². The average Bonchev–Trinajstić information content (AvgIpc) is 3.29. The summed E-state index contributed by atoms with van der Waals surface area (Å²) in [6, 6.07) is 24.2. The van der Waals surface area contributed by atoms with Crippen LogP contribution in [0.25, 0.3) is 28.1 Å². The van der Waals surface area contributed by atoms with E-state index in [4.69, 9.17) is 0 Å². The summed E-state index contributed by atoms with van der Waals surface area (Å²) >= 11 is 0. The molecule has 0 aliphatic rings. The number of para-hydroxylation sites is 1. The van der Waals surface area contributed by atoms with Crippen LogP contribution in [0.2, 0.25) is 0 Å². The number of hydrogen-bond acceptors (Lipinski definition) is 4. The minimum atomic E-state index is -4.46. The first-order chi connectivity index (χ1) is 16.4. The summed E-state index contributed by atoms with van der Waals surface area (Å²) in [5.41, 5.74) is 1.85. The zero-order valence-electron chi connectivity index (χ0n) is 18.2. The van der Waals surface area contributed by atoms with Crippen molar-refractivity contribution in [2.45, 2.75) is 19.1 Å². The van der Waals surface area contributed by atoms with Gasteiger partial charge in [-0.3, -0.25) is 0 Å². The Labute approximate surface area is 193 Å². The Kier molecular flexibility index (Phi) is 5.49. The fraction of sp³-hybridized carbons (Fsp3) is 0.115. The molecule has 0 spiro atoms. The van der Waals surface area contributed by atoms with Crippen LogP contribution in [0.15, 0.2) is 91.1 Å². The lowest BCUT2D eigenvalue weighted by Crippen LogP contribution is -2.10. The van der Waals surface area contributed by atoms with E-state index in [-0.39, 0.29) is 17.4 Å². The Morgan fingerprint density at radius 1 is 0.853 bits per heavy atom. The van der Waals surface area contributed by atoms with Crippen LogP contribution >= 0.6 is 0 Å². The molecule has 5 aromatic rings. The van der Waals surface area contributed by atoms with Crippen molar-refractivity contribution in [3.8, 4) is 17.1 Å². The van der Waals surface area contributed by atoms with E-state index >= 15 is 0 Å². The molecule has 2 heterocycles. The van der Waals surface area contributed by atoms with Crippen molar-refractivity contribution in [1.29, 1.82) is 0 Å². The van der Waals surface area contributed by atoms with Gasteiger partial charge >= 0.3 is 6.18 Å². The van der Waals surface area contributed by atoms with E-state index in [1.54, 1.807) is 16.9 Å². The predicted molar refractivity (Wildman–Crippen MR) is 126 cm³/mol. The molecule has 3 aromatic carbocycles. The first-order valence-electron chi connectivity index (χ1n) is 10.7. The van der Waals surface area contributed by atoms with Crippen molar-refractivity contribution >= 4 is 16.9 Å². The number of nitrogens with one attached hydrogen (secondary N) is 1. The molecule has 1 N–H and O–H groups in total. The van der Waals surface area contributed by atoms with Gasteiger partial charge in [-0.2, -0.15) is 18.3 Å². The van der Waals surface area contributed by atoms with Gasteiger partial charge in [0.2, 0.25) is 0 Å². The SMILES string of the molecule is CC(Nc1nc(-c2cccc(C(F)(F)F)c2)nc2c1cnn2-c1ccccc1)c1ccccc1. The summed E-state index contributed by atoms with van der Waals surface area (Å²) in [5, 5.41) is 8.56. The van der Waals surface area contributed by atoms with E-state index in [0.717, 1.165) is 23.4 Å². The van der Waals surface area contributed by atoms with Crippen molar-refractivity contribution < 1.29 is 13.2 Å². The number of hydrogen-bond donors (Lipinski definition) is 1. The van der Waals surface area contributed by atoms with E-state index in [0.29, 0.717) is 16.9 Å². The maximum absolute atomic E-state index is 13.3. The standard InChI is InChI=1S/C26H20F3N5/c1-17(18-9-4-2-5-10-18)31-24-22-16-30-34(21-13-6-3-7-14-21)25(22)33-23(32-24)19-11-8-12-20(15-19)26(27,28)29/h2-17H,1H3,(H,31,32,33). The molecule has 1 unspecified atom stereocenters. The zero-order valence-corrected chi connectivity index (χ0v) is 18.2. The molecule has 5 rings (SSSR count). The van der Waals surface area contributed by atoms with Crippen molar-refractivity contribution in [2.24, 2.45) is 0 Å². The molecule has 1 atom stereocenters. The monoisotopic (exact) mass is 459 g/mol. The summed E-state index contributed by atoms with van der Waals surface area (Å²) < 4.78 is 41.7. The number of alkyl halides is 3. The minimum absolute atomic E-state index is 0.103. The minimum Gasteiger partial charge on any atom is -0.363 e. The van der Waals surface area contributed by atoms with Crippen LogP contribution in [-0.4, -0.2) is 19.7 Å². The van der Waals surface area contributed by atoms with Gasteiger partial charge in [0.05, 0.1) is 22.8 Å². The van der Waals surface area contributed by atoms with E-state index in [1.165, 1.54) is 6.07 Å². The van der Waals surface area contributed by atoms with E-state index in [2.05, 4.69) is 20.4 Å².